The van der Waals surface area contributed by atoms with Crippen LogP contribution >= 0.6 is 11.6 Å². The van der Waals surface area contributed by atoms with E-state index in [1.54, 1.807) is 24.3 Å². The van der Waals surface area contributed by atoms with Gasteiger partial charge in [0.2, 0.25) is 0 Å². The molecule has 2 N–H and O–H groups in total. The van der Waals surface area contributed by atoms with Crippen molar-refractivity contribution in [2.24, 2.45) is 0 Å². The molecule has 2 amide bonds. The highest BCUT2D eigenvalue weighted by atomic mass is 35.5. The third-order valence-electron chi connectivity index (χ3n) is 2.93. The number of non-ortho nitro benzene ring substituents is 1. The Bertz CT molecular complexity index is 736. The molecule has 0 aliphatic heterocycles. The van der Waals surface area contributed by atoms with Gasteiger partial charge in [0, 0.05) is 11.1 Å². The number of halogens is 1. The molecule has 0 aromatic heterocycles. The van der Waals surface area contributed by atoms with Crippen LogP contribution in [0.2, 0.25) is 5.02 Å². The number of nitro groups is 1. The second-order valence-corrected chi connectivity index (χ2v) is 4.95. The molecule has 8 nitrogen and oxygen atoms in total. The molecule has 2 aromatic rings. The predicted octanol–water partition coefficient (Wildman–Crippen LogP) is 3.41. The maximum absolute atomic E-state index is 11.8. The van der Waals surface area contributed by atoms with Gasteiger partial charge in [0.15, 0.2) is 6.73 Å². The molecule has 0 bridgehead atoms. The fraction of sp³-hybridized carbons (Fsp3) is 0.133. The molecule has 24 heavy (non-hydrogen) atoms. The standard InChI is InChI=1S/C15H14ClN3O5/c1-23-14-8-11(19(21)22)4-7-13(14)18-15(20)17-9-24-12-5-2-10(16)3-6-12/h2-8H,9H2,1H3,(H2,17,18,20). The summed E-state index contributed by atoms with van der Waals surface area (Å²) in [6.45, 7) is -0.0667. The van der Waals surface area contributed by atoms with Gasteiger partial charge >= 0.3 is 6.03 Å². The van der Waals surface area contributed by atoms with Gasteiger partial charge in [-0.05, 0) is 30.3 Å². The van der Waals surface area contributed by atoms with Crippen molar-refractivity contribution < 1.29 is 19.2 Å². The highest BCUT2D eigenvalue weighted by Crippen LogP contribution is 2.28. The summed E-state index contributed by atoms with van der Waals surface area (Å²) < 4.78 is 10.4. The number of amides is 2. The molecule has 9 heteroatoms. The fourth-order valence-corrected chi connectivity index (χ4v) is 1.91. The summed E-state index contributed by atoms with van der Waals surface area (Å²) in [5.74, 6) is 0.727. The van der Waals surface area contributed by atoms with Crippen LogP contribution in [0.4, 0.5) is 16.2 Å². The maximum atomic E-state index is 11.8. The molecule has 2 rings (SSSR count). The number of carbonyl (C=O) groups excluding carboxylic acids is 1. The molecule has 0 radical (unpaired) electrons. The Labute approximate surface area is 142 Å². The van der Waals surface area contributed by atoms with Gasteiger partial charge in [-0.15, -0.1) is 0 Å². The molecule has 0 spiro atoms. The third kappa shape index (κ3) is 4.75. The molecule has 0 unspecified atom stereocenters. The SMILES string of the molecule is COc1cc([N+](=O)[O-])ccc1NC(=O)NCOc1ccc(Cl)cc1. The van der Waals surface area contributed by atoms with Crippen LogP contribution in [-0.2, 0) is 0 Å². The Morgan fingerprint density at radius 2 is 1.96 bits per heavy atom. The zero-order valence-electron chi connectivity index (χ0n) is 12.6. The van der Waals surface area contributed by atoms with Gasteiger partial charge in [0.25, 0.3) is 5.69 Å². The lowest BCUT2D eigenvalue weighted by molar-refractivity contribution is -0.384. The number of nitro benzene ring substituents is 1. The normalized spacial score (nSPS) is 9.92. The molecule has 2 aromatic carbocycles. The van der Waals surface area contributed by atoms with E-state index in [0.717, 1.165) is 0 Å². The Morgan fingerprint density at radius 1 is 1.25 bits per heavy atom. The third-order valence-corrected chi connectivity index (χ3v) is 3.18. The van der Waals surface area contributed by atoms with Crippen LogP contribution in [0.3, 0.4) is 0 Å². The zero-order chi connectivity index (χ0) is 17.5. The van der Waals surface area contributed by atoms with Crippen molar-refractivity contribution in [3.05, 3.63) is 57.6 Å². The molecular weight excluding hydrogens is 338 g/mol. The van der Waals surface area contributed by atoms with E-state index in [0.29, 0.717) is 16.5 Å². The minimum atomic E-state index is -0.549. The first-order valence-electron chi connectivity index (χ1n) is 6.75. The Balaban J connectivity index is 1.90. The zero-order valence-corrected chi connectivity index (χ0v) is 13.4. The van der Waals surface area contributed by atoms with Gasteiger partial charge in [0.05, 0.1) is 23.8 Å². The number of hydrogen-bond acceptors (Lipinski definition) is 5. The number of hydrogen-bond donors (Lipinski definition) is 2. The van der Waals surface area contributed by atoms with E-state index in [4.69, 9.17) is 21.1 Å². The van der Waals surface area contributed by atoms with E-state index in [-0.39, 0.29) is 18.2 Å². The lowest BCUT2D eigenvalue weighted by Crippen LogP contribution is -2.32. The van der Waals surface area contributed by atoms with Crippen LogP contribution in [0.1, 0.15) is 0 Å². The van der Waals surface area contributed by atoms with Crippen molar-refractivity contribution >= 4 is 29.0 Å². The van der Waals surface area contributed by atoms with Crippen molar-refractivity contribution in [3.63, 3.8) is 0 Å². The van der Waals surface area contributed by atoms with Crippen molar-refractivity contribution in [2.45, 2.75) is 0 Å². The van der Waals surface area contributed by atoms with Crippen molar-refractivity contribution in [2.75, 3.05) is 19.2 Å². The van der Waals surface area contributed by atoms with E-state index >= 15 is 0 Å². The Hall–Kier alpha value is -3.00. The molecule has 0 saturated carbocycles. The number of carbonyl (C=O) groups is 1. The van der Waals surface area contributed by atoms with Gasteiger partial charge in [-0.2, -0.15) is 0 Å². The summed E-state index contributed by atoms with van der Waals surface area (Å²) in [5, 5.41) is 16.3. The largest absolute Gasteiger partial charge is 0.494 e. The van der Waals surface area contributed by atoms with Crippen molar-refractivity contribution in [3.8, 4) is 11.5 Å². The fourth-order valence-electron chi connectivity index (χ4n) is 1.78. The molecule has 0 aliphatic carbocycles. The van der Waals surface area contributed by atoms with Gasteiger partial charge < -0.3 is 20.1 Å². The minimum Gasteiger partial charge on any atom is -0.494 e. The Morgan fingerprint density at radius 3 is 2.58 bits per heavy atom. The van der Waals surface area contributed by atoms with Crippen molar-refractivity contribution in [1.29, 1.82) is 0 Å². The molecule has 0 heterocycles. The Kier molecular flexibility index (Phi) is 5.80. The highest BCUT2D eigenvalue weighted by Gasteiger charge is 2.13. The number of nitrogens with one attached hydrogen (secondary N) is 2. The second-order valence-electron chi connectivity index (χ2n) is 4.52. The van der Waals surface area contributed by atoms with Gasteiger partial charge in [-0.3, -0.25) is 10.1 Å². The van der Waals surface area contributed by atoms with Crippen LogP contribution in [-0.4, -0.2) is 24.8 Å². The number of nitrogens with zero attached hydrogens (tertiary/aromatic N) is 1. The predicted molar refractivity (Wildman–Crippen MR) is 88.7 cm³/mol. The van der Waals surface area contributed by atoms with Crippen molar-refractivity contribution in [1.82, 2.24) is 5.32 Å². The number of anilines is 1. The van der Waals surface area contributed by atoms with Gasteiger partial charge in [-0.1, -0.05) is 11.6 Å². The summed E-state index contributed by atoms with van der Waals surface area (Å²) in [6, 6.07) is 10.00. The van der Waals surface area contributed by atoms with E-state index in [9.17, 15) is 14.9 Å². The van der Waals surface area contributed by atoms with Gasteiger partial charge in [0.1, 0.15) is 11.5 Å². The van der Waals surface area contributed by atoms with E-state index < -0.39 is 11.0 Å². The lowest BCUT2D eigenvalue weighted by Gasteiger charge is -2.11. The number of rotatable bonds is 6. The number of ether oxygens (including phenoxy) is 2. The quantitative estimate of drug-likeness (QED) is 0.471. The lowest BCUT2D eigenvalue weighted by atomic mass is 10.2. The van der Waals surface area contributed by atoms with E-state index in [1.165, 1.54) is 25.3 Å². The topological polar surface area (TPSA) is 103 Å². The van der Waals surface area contributed by atoms with E-state index in [2.05, 4.69) is 10.6 Å². The highest BCUT2D eigenvalue weighted by molar-refractivity contribution is 6.30. The summed E-state index contributed by atoms with van der Waals surface area (Å²) >= 11 is 5.76. The second kappa shape index (κ2) is 8.02. The van der Waals surface area contributed by atoms with Gasteiger partial charge in [-0.25, -0.2) is 4.79 Å². The van der Waals surface area contributed by atoms with Crippen LogP contribution in [0.15, 0.2) is 42.5 Å². The first kappa shape index (κ1) is 17.4. The average molecular weight is 352 g/mol. The monoisotopic (exact) mass is 351 g/mol. The molecular formula is C15H14ClN3O5. The first-order valence-corrected chi connectivity index (χ1v) is 7.13. The number of urea groups is 1. The average Bonchev–Trinajstić information content (AvgIpc) is 2.56. The van der Waals surface area contributed by atoms with Crippen LogP contribution < -0.4 is 20.1 Å². The minimum absolute atomic E-state index is 0.0667. The summed E-state index contributed by atoms with van der Waals surface area (Å²) in [4.78, 5) is 22.0. The van der Waals surface area contributed by atoms with E-state index in [1.807, 2.05) is 0 Å². The summed E-state index contributed by atoms with van der Waals surface area (Å²) in [5.41, 5.74) is 0.163. The molecule has 126 valence electrons. The summed E-state index contributed by atoms with van der Waals surface area (Å²) in [6.07, 6.45) is 0. The molecule has 0 fully saturated rings. The number of methoxy groups -OCH3 is 1. The smallest absolute Gasteiger partial charge is 0.321 e. The number of benzene rings is 2. The van der Waals surface area contributed by atoms with Crippen LogP contribution in [0.25, 0.3) is 0 Å². The first-order chi connectivity index (χ1) is 11.5. The molecule has 0 saturated heterocycles. The summed E-state index contributed by atoms with van der Waals surface area (Å²) in [7, 11) is 1.35. The maximum Gasteiger partial charge on any atom is 0.321 e. The molecule has 0 aliphatic rings. The van der Waals surface area contributed by atoms with Crippen LogP contribution in [0.5, 0.6) is 11.5 Å². The molecule has 0 atom stereocenters. The van der Waals surface area contributed by atoms with Crippen LogP contribution in [0, 0.1) is 10.1 Å².